The molecular weight excluding hydrogens is 282 g/mol. The second kappa shape index (κ2) is 6.16. The highest BCUT2D eigenvalue weighted by Gasteiger charge is 2.67. The number of hydrogen-bond donors (Lipinski definition) is 1. The second-order valence-electron chi connectivity index (χ2n) is 4.48. The Morgan fingerprint density at radius 1 is 1.33 bits per heavy atom. The fraction of sp³-hybridized carbons (Fsp3) is 0.417. The molecule has 1 rings (SSSR count). The fourth-order valence-corrected chi connectivity index (χ4v) is 2.11. The zero-order valence-corrected chi connectivity index (χ0v) is 11.5. The van der Waals surface area contributed by atoms with Crippen LogP contribution in [0.3, 0.4) is 0 Å². The summed E-state index contributed by atoms with van der Waals surface area (Å²) in [5.74, 6) is -2.96. The highest BCUT2D eigenvalue weighted by molar-refractivity contribution is 5.81. The molecule has 1 N–H and O–H groups in total. The van der Waals surface area contributed by atoms with Gasteiger partial charge in [-0.3, -0.25) is 10.1 Å². The van der Waals surface area contributed by atoms with Crippen LogP contribution in [-0.4, -0.2) is 26.7 Å². The Labute approximate surface area is 120 Å². The van der Waals surface area contributed by atoms with Gasteiger partial charge in [0, 0.05) is 0 Å². The van der Waals surface area contributed by atoms with Gasteiger partial charge in [0.1, 0.15) is 5.69 Å². The summed E-state index contributed by atoms with van der Waals surface area (Å²) < 4.78 is 0. The van der Waals surface area contributed by atoms with Crippen LogP contribution in [0.25, 0.3) is 0 Å². The molecule has 0 aromatic heterocycles. The van der Waals surface area contributed by atoms with Gasteiger partial charge in [-0.15, -0.1) is 0 Å². The predicted molar refractivity (Wildman–Crippen MR) is 72.7 cm³/mol. The van der Waals surface area contributed by atoms with Crippen LogP contribution in [0.5, 0.6) is 0 Å². The van der Waals surface area contributed by atoms with E-state index in [4.69, 9.17) is 0 Å². The third-order valence-electron chi connectivity index (χ3n) is 3.38. The zero-order valence-electron chi connectivity index (χ0n) is 11.5. The lowest BCUT2D eigenvalue weighted by Crippen LogP contribution is -2.66. The van der Waals surface area contributed by atoms with Gasteiger partial charge in [0.05, 0.1) is 10.8 Å². The Hall–Kier alpha value is -2.71. The van der Waals surface area contributed by atoms with Crippen molar-refractivity contribution in [3.05, 3.63) is 50.6 Å². The van der Waals surface area contributed by atoms with E-state index in [2.05, 4.69) is 0 Å². The molecule has 0 spiro atoms. The smallest absolute Gasteiger partial charge is 0.446 e. The van der Waals surface area contributed by atoms with Crippen LogP contribution in [0.4, 0.5) is 5.69 Å². The van der Waals surface area contributed by atoms with Crippen LogP contribution >= 0.6 is 0 Å². The summed E-state index contributed by atoms with van der Waals surface area (Å²) in [6.45, 7) is 2.84. The van der Waals surface area contributed by atoms with Gasteiger partial charge >= 0.3 is 11.6 Å². The topological polar surface area (TPSA) is 127 Å². The van der Waals surface area contributed by atoms with Gasteiger partial charge in [0.15, 0.2) is 5.03 Å². The maximum Gasteiger partial charge on any atom is 0.446 e. The summed E-state index contributed by atoms with van der Waals surface area (Å²) in [7, 11) is 0. The number of anilines is 1. The first kappa shape index (κ1) is 16.3. The maximum atomic E-state index is 11.6. The molecule has 9 heteroatoms. The summed E-state index contributed by atoms with van der Waals surface area (Å²) in [6, 6.07) is 6.96. The van der Waals surface area contributed by atoms with E-state index >= 15 is 0 Å². The van der Waals surface area contributed by atoms with Crippen molar-refractivity contribution in [2.24, 2.45) is 5.92 Å². The van der Waals surface area contributed by atoms with Crippen LogP contribution < -0.4 is 5.01 Å². The third-order valence-corrected chi connectivity index (χ3v) is 3.38. The number of nitro groups is 2. The number of carboxylic acids is 1. The van der Waals surface area contributed by atoms with Crippen molar-refractivity contribution in [3.63, 3.8) is 0 Å². The zero-order chi connectivity index (χ0) is 16.2. The van der Waals surface area contributed by atoms with Crippen molar-refractivity contribution in [2.45, 2.75) is 25.9 Å². The van der Waals surface area contributed by atoms with Crippen molar-refractivity contribution in [3.8, 4) is 0 Å². The van der Waals surface area contributed by atoms with Gasteiger partial charge in [0.25, 0.3) is 0 Å². The van der Waals surface area contributed by atoms with Crippen LogP contribution in [0.15, 0.2) is 30.3 Å². The minimum atomic E-state index is -2.88. The van der Waals surface area contributed by atoms with Gasteiger partial charge in [-0.1, -0.05) is 32.0 Å². The SMILES string of the molecule is CC[C@H](C)[C@@](C(=O)O)(N(c1ccccc1)[N+](=O)[O-])[N+](=O)[O-]. The number of carboxylic acid groups (broad SMARTS) is 1. The first-order chi connectivity index (χ1) is 9.79. The Morgan fingerprint density at radius 3 is 2.19 bits per heavy atom. The first-order valence-electron chi connectivity index (χ1n) is 6.17. The third kappa shape index (κ3) is 2.62. The number of aliphatic carboxylic acids is 1. The van der Waals surface area contributed by atoms with Crippen LogP contribution in [0.2, 0.25) is 0 Å². The standard InChI is InChI=1S/C12H15N3O6/c1-3-9(2)12(11(16)17,14(18)19)13(15(20)21)10-7-5-4-6-8-10/h4-9H,3H2,1-2H3,(H,16,17)/t9-,12+/m0/s1. The van der Waals surface area contributed by atoms with Crippen molar-refractivity contribution < 1.29 is 19.9 Å². The molecular formula is C12H15N3O6. The molecule has 0 aliphatic rings. The summed E-state index contributed by atoms with van der Waals surface area (Å²) in [4.78, 5) is 33.3. The number of rotatable bonds is 7. The van der Waals surface area contributed by atoms with Crippen LogP contribution in [0.1, 0.15) is 20.3 Å². The van der Waals surface area contributed by atoms with Crippen molar-refractivity contribution in [1.82, 2.24) is 0 Å². The summed E-state index contributed by atoms with van der Waals surface area (Å²) in [5, 5.41) is 31.2. The summed E-state index contributed by atoms with van der Waals surface area (Å²) >= 11 is 0. The van der Waals surface area contributed by atoms with Crippen LogP contribution in [0, 0.1) is 26.1 Å². The lowest BCUT2D eigenvalue weighted by Gasteiger charge is -2.30. The Bertz CT molecular complexity index is 533. The largest absolute Gasteiger partial charge is 0.474 e. The number of hydrogen-bond acceptors (Lipinski definition) is 5. The maximum absolute atomic E-state index is 11.6. The second-order valence-corrected chi connectivity index (χ2v) is 4.48. The molecule has 0 aliphatic heterocycles. The van der Waals surface area contributed by atoms with E-state index < -0.39 is 27.5 Å². The lowest BCUT2D eigenvalue weighted by molar-refractivity contribution is -0.632. The minimum absolute atomic E-state index is 0.0878. The average molecular weight is 297 g/mol. The minimum Gasteiger partial charge on any atom is -0.474 e. The summed E-state index contributed by atoms with van der Waals surface area (Å²) in [6.07, 6.45) is 0.0878. The fourth-order valence-electron chi connectivity index (χ4n) is 2.11. The van der Waals surface area contributed by atoms with Crippen molar-refractivity contribution in [1.29, 1.82) is 0 Å². The predicted octanol–water partition coefficient (Wildman–Crippen LogP) is 1.79. The molecule has 0 fully saturated rings. The molecule has 0 bridgehead atoms. The molecule has 0 saturated carbocycles. The van der Waals surface area contributed by atoms with Gasteiger partial charge < -0.3 is 5.11 Å². The number of carbonyl (C=O) groups is 1. The van der Waals surface area contributed by atoms with E-state index in [1.54, 1.807) is 6.07 Å². The molecule has 1 aromatic carbocycles. The number of nitrogens with zero attached hydrogens (tertiary/aromatic N) is 3. The van der Waals surface area contributed by atoms with E-state index in [1.165, 1.54) is 38.1 Å². The van der Waals surface area contributed by atoms with Gasteiger partial charge in [-0.05, 0) is 23.6 Å². The number of benzene rings is 1. The van der Waals surface area contributed by atoms with E-state index in [9.17, 15) is 30.1 Å². The van der Waals surface area contributed by atoms with E-state index in [0.717, 1.165) is 0 Å². The summed E-state index contributed by atoms with van der Waals surface area (Å²) in [5.41, 5.74) is -3.04. The van der Waals surface area contributed by atoms with E-state index in [1.807, 2.05) is 0 Å². The molecule has 2 atom stereocenters. The van der Waals surface area contributed by atoms with Gasteiger partial charge in [-0.2, -0.15) is 0 Å². The van der Waals surface area contributed by atoms with Crippen molar-refractivity contribution in [2.75, 3.05) is 5.01 Å². The molecule has 0 unspecified atom stereocenters. The van der Waals surface area contributed by atoms with Crippen molar-refractivity contribution >= 4 is 11.7 Å². The molecule has 21 heavy (non-hydrogen) atoms. The number of para-hydroxylation sites is 1. The Morgan fingerprint density at radius 2 is 1.86 bits per heavy atom. The highest BCUT2D eigenvalue weighted by Crippen LogP contribution is 2.33. The molecule has 1 aromatic rings. The Balaban J connectivity index is 3.64. The van der Waals surface area contributed by atoms with E-state index in [-0.39, 0.29) is 17.1 Å². The molecule has 0 saturated heterocycles. The molecule has 114 valence electrons. The highest BCUT2D eigenvalue weighted by atomic mass is 16.7. The molecule has 0 amide bonds. The van der Waals surface area contributed by atoms with Gasteiger partial charge in [0.2, 0.25) is 0 Å². The molecule has 0 radical (unpaired) electrons. The van der Waals surface area contributed by atoms with Gasteiger partial charge in [-0.25, -0.2) is 14.9 Å². The molecule has 9 nitrogen and oxygen atoms in total. The monoisotopic (exact) mass is 297 g/mol. The Kier molecular flexibility index (Phi) is 4.79. The number of hydrazine groups is 1. The van der Waals surface area contributed by atoms with Crippen LogP contribution in [-0.2, 0) is 4.79 Å². The molecule has 0 aliphatic carbocycles. The first-order valence-corrected chi connectivity index (χ1v) is 6.17. The molecule has 0 heterocycles. The average Bonchev–Trinajstić information content (AvgIpc) is 2.43. The quantitative estimate of drug-likeness (QED) is 0.461. The lowest BCUT2D eigenvalue weighted by atomic mass is 9.91. The normalized spacial score (nSPS) is 14.8. The van der Waals surface area contributed by atoms with E-state index in [0.29, 0.717) is 0 Å².